The molecule has 126 valence electrons. The Hall–Kier alpha value is -2.07. The molecule has 0 unspecified atom stereocenters. The van der Waals surface area contributed by atoms with Crippen molar-refractivity contribution in [1.29, 1.82) is 0 Å². The molecule has 2 N–H and O–H groups in total. The van der Waals surface area contributed by atoms with Crippen LogP contribution in [0.4, 0.5) is 11.5 Å². The molecule has 0 bridgehead atoms. The molecule has 0 saturated heterocycles. The second kappa shape index (κ2) is 5.85. The Labute approximate surface area is 135 Å². The fourth-order valence-electron chi connectivity index (χ4n) is 2.03. The Bertz CT molecular complexity index is 946. The summed E-state index contributed by atoms with van der Waals surface area (Å²) in [4.78, 5) is -0.0448. The van der Waals surface area contributed by atoms with Gasteiger partial charge in [0.25, 0.3) is 10.0 Å². The molecule has 0 spiro atoms. The zero-order valence-electron chi connectivity index (χ0n) is 13.0. The molecule has 23 heavy (non-hydrogen) atoms. The SMILES string of the molecule is Cc1conc1NS(=O)(=O)c1ccc(C)c(NS(C)(=O)=O)c1C. The van der Waals surface area contributed by atoms with Gasteiger partial charge in [-0.05, 0) is 38.0 Å². The summed E-state index contributed by atoms with van der Waals surface area (Å²) < 4.78 is 57.4. The van der Waals surface area contributed by atoms with Crippen LogP contribution in [0, 0.1) is 20.8 Å². The number of aryl methyl sites for hydroxylation is 2. The van der Waals surface area contributed by atoms with E-state index in [1.807, 2.05) is 0 Å². The van der Waals surface area contributed by atoms with E-state index in [2.05, 4.69) is 14.6 Å². The third-order valence-electron chi connectivity index (χ3n) is 3.18. The van der Waals surface area contributed by atoms with Gasteiger partial charge in [-0.3, -0.25) is 9.44 Å². The highest BCUT2D eigenvalue weighted by atomic mass is 32.2. The lowest BCUT2D eigenvalue weighted by Crippen LogP contribution is -2.18. The molecule has 8 nitrogen and oxygen atoms in total. The summed E-state index contributed by atoms with van der Waals surface area (Å²) in [6.45, 7) is 4.86. The third kappa shape index (κ3) is 3.82. The Morgan fingerprint density at radius 3 is 2.17 bits per heavy atom. The van der Waals surface area contributed by atoms with Crippen molar-refractivity contribution in [3.63, 3.8) is 0 Å². The van der Waals surface area contributed by atoms with Gasteiger partial charge in [0.1, 0.15) is 6.26 Å². The van der Waals surface area contributed by atoms with E-state index in [9.17, 15) is 16.8 Å². The monoisotopic (exact) mass is 359 g/mol. The molecule has 2 rings (SSSR count). The van der Waals surface area contributed by atoms with Crippen molar-refractivity contribution in [3.05, 3.63) is 35.1 Å². The van der Waals surface area contributed by atoms with Crippen LogP contribution in [0.25, 0.3) is 0 Å². The molecule has 0 aliphatic rings. The number of nitrogens with zero attached hydrogens (tertiary/aromatic N) is 1. The normalized spacial score (nSPS) is 12.2. The standard InChI is InChI=1S/C13H17N3O5S2/c1-8-5-6-11(10(3)12(8)15-22(4,17)18)23(19,20)16-13-9(2)7-21-14-13/h5-7,15H,1-4H3,(H,14,16). The van der Waals surface area contributed by atoms with E-state index in [4.69, 9.17) is 4.52 Å². The van der Waals surface area contributed by atoms with Crippen molar-refractivity contribution in [2.45, 2.75) is 25.7 Å². The highest BCUT2D eigenvalue weighted by Crippen LogP contribution is 2.29. The number of nitrogens with one attached hydrogen (secondary N) is 2. The summed E-state index contributed by atoms with van der Waals surface area (Å²) in [6.07, 6.45) is 2.32. The fraction of sp³-hybridized carbons (Fsp3) is 0.308. The second-order valence-corrected chi connectivity index (χ2v) is 8.61. The maximum atomic E-state index is 12.5. The topological polar surface area (TPSA) is 118 Å². The summed E-state index contributed by atoms with van der Waals surface area (Å²) in [5, 5.41) is 3.58. The van der Waals surface area contributed by atoms with Crippen LogP contribution in [0.2, 0.25) is 0 Å². The van der Waals surface area contributed by atoms with E-state index in [-0.39, 0.29) is 16.4 Å². The van der Waals surface area contributed by atoms with Gasteiger partial charge < -0.3 is 4.52 Å². The Kier molecular flexibility index (Phi) is 4.40. The van der Waals surface area contributed by atoms with Gasteiger partial charge in [-0.1, -0.05) is 11.2 Å². The molecule has 1 heterocycles. The molecular formula is C13H17N3O5S2. The average molecular weight is 359 g/mol. The Morgan fingerprint density at radius 2 is 1.65 bits per heavy atom. The quantitative estimate of drug-likeness (QED) is 0.840. The Balaban J connectivity index is 2.51. The number of aromatic nitrogens is 1. The Morgan fingerprint density at radius 1 is 1.00 bits per heavy atom. The van der Waals surface area contributed by atoms with Crippen LogP contribution in [0.3, 0.4) is 0 Å². The lowest BCUT2D eigenvalue weighted by molar-refractivity contribution is 0.422. The van der Waals surface area contributed by atoms with Crippen LogP contribution in [-0.2, 0) is 20.0 Å². The number of benzene rings is 1. The highest BCUT2D eigenvalue weighted by molar-refractivity contribution is 7.93. The number of rotatable bonds is 5. The van der Waals surface area contributed by atoms with Crippen LogP contribution in [0.15, 0.2) is 27.8 Å². The minimum atomic E-state index is -3.94. The summed E-state index contributed by atoms with van der Waals surface area (Å²) in [5.74, 6) is 0.0857. The first kappa shape index (κ1) is 17.3. The maximum Gasteiger partial charge on any atom is 0.263 e. The summed E-state index contributed by atoms with van der Waals surface area (Å²) in [6, 6.07) is 2.95. The molecule has 10 heteroatoms. The average Bonchev–Trinajstić information content (AvgIpc) is 2.78. The van der Waals surface area contributed by atoms with Gasteiger partial charge in [0.2, 0.25) is 10.0 Å². The lowest BCUT2D eigenvalue weighted by atomic mass is 10.1. The van der Waals surface area contributed by atoms with E-state index >= 15 is 0 Å². The number of hydrogen-bond donors (Lipinski definition) is 2. The zero-order chi connectivity index (χ0) is 17.4. The number of sulfonamides is 2. The van der Waals surface area contributed by atoms with Crippen molar-refractivity contribution < 1.29 is 21.4 Å². The van der Waals surface area contributed by atoms with Gasteiger partial charge in [0, 0.05) is 5.56 Å². The minimum Gasteiger partial charge on any atom is -0.362 e. The predicted octanol–water partition coefficient (Wildman–Crippen LogP) is 1.77. The van der Waals surface area contributed by atoms with Crippen LogP contribution in [0.1, 0.15) is 16.7 Å². The first-order valence-corrected chi connectivity index (χ1v) is 9.90. The molecule has 0 amide bonds. The smallest absolute Gasteiger partial charge is 0.263 e. The molecule has 0 atom stereocenters. The fourth-order valence-corrected chi connectivity index (χ4v) is 4.03. The van der Waals surface area contributed by atoms with Crippen molar-refractivity contribution >= 4 is 31.6 Å². The summed E-state index contributed by atoms with van der Waals surface area (Å²) in [7, 11) is -7.47. The molecule has 0 saturated carbocycles. The maximum absolute atomic E-state index is 12.5. The minimum absolute atomic E-state index is 0.0448. The molecular weight excluding hydrogens is 342 g/mol. The van der Waals surface area contributed by atoms with Gasteiger partial charge in [0.05, 0.1) is 16.8 Å². The molecule has 2 aromatic rings. The molecule has 0 aliphatic carbocycles. The summed E-state index contributed by atoms with van der Waals surface area (Å²) in [5.41, 5.74) is 1.69. The van der Waals surface area contributed by atoms with Crippen molar-refractivity contribution in [1.82, 2.24) is 5.16 Å². The van der Waals surface area contributed by atoms with Gasteiger partial charge >= 0.3 is 0 Å². The lowest BCUT2D eigenvalue weighted by Gasteiger charge is -2.15. The molecule has 1 aromatic carbocycles. The number of anilines is 2. The highest BCUT2D eigenvalue weighted by Gasteiger charge is 2.22. The van der Waals surface area contributed by atoms with E-state index in [0.717, 1.165) is 6.26 Å². The van der Waals surface area contributed by atoms with Crippen LogP contribution < -0.4 is 9.44 Å². The molecule has 0 radical (unpaired) electrons. The van der Waals surface area contributed by atoms with Gasteiger partial charge in [0.15, 0.2) is 5.82 Å². The van der Waals surface area contributed by atoms with Crippen LogP contribution in [0.5, 0.6) is 0 Å². The van der Waals surface area contributed by atoms with E-state index in [1.54, 1.807) is 13.8 Å². The molecule has 0 aliphatic heterocycles. The zero-order valence-corrected chi connectivity index (χ0v) is 14.7. The number of hydrogen-bond acceptors (Lipinski definition) is 6. The predicted molar refractivity (Wildman–Crippen MR) is 86.4 cm³/mol. The van der Waals surface area contributed by atoms with Crippen molar-refractivity contribution in [2.24, 2.45) is 0 Å². The summed E-state index contributed by atoms with van der Waals surface area (Å²) >= 11 is 0. The van der Waals surface area contributed by atoms with E-state index in [1.165, 1.54) is 25.3 Å². The first-order valence-electron chi connectivity index (χ1n) is 6.53. The second-order valence-electron chi connectivity index (χ2n) is 5.21. The van der Waals surface area contributed by atoms with Gasteiger partial charge in [-0.2, -0.15) is 0 Å². The largest absolute Gasteiger partial charge is 0.362 e. The van der Waals surface area contributed by atoms with Gasteiger partial charge in [-0.25, -0.2) is 16.8 Å². The third-order valence-corrected chi connectivity index (χ3v) is 5.24. The van der Waals surface area contributed by atoms with Crippen molar-refractivity contribution in [3.8, 4) is 0 Å². The van der Waals surface area contributed by atoms with Crippen molar-refractivity contribution in [2.75, 3.05) is 15.7 Å². The van der Waals surface area contributed by atoms with E-state index < -0.39 is 20.0 Å². The van der Waals surface area contributed by atoms with E-state index in [0.29, 0.717) is 16.7 Å². The molecule has 1 aromatic heterocycles. The molecule has 0 fully saturated rings. The van der Waals surface area contributed by atoms with Gasteiger partial charge in [-0.15, -0.1) is 0 Å². The first-order chi connectivity index (χ1) is 10.5. The van der Waals surface area contributed by atoms with Crippen LogP contribution in [-0.4, -0.2) is 28.2 Å². The van der Waals surface area contributed by atoms with Crippen LogP contribution >= 0.6 is 0 Å².